The van der Waals surface area contributed by atoms with Gasteiger partial charge >= 0.3 is 5.97 Å². The Bertz CT molecular complexity index is 1800. The molecule has 0 fully saturated rings. The van der Waals surface area contributed by atoms with Gasteiger partial charge in [0, 0.05) is 33.4 Å². The Labute approximate surface area is 237 Å². The number of imidazole rings is 1. The molecule has 1 aromatic heterocycles. The minimum Gasteiger partial charge on any atom is -0.431 e. The van der Waals surface area contributed by atoms with Crippen LogP contribution in [0.3, 0.4) is 0 Å². The number of hydrogen-bond donors (Lipinski definition) is 2. The summed E-state index contributed by atoms with van der Waals surface area (Å²) in [5.74, 6) is -0.595. The lowest BCUT2D eigenvalue weighted by molar-refractivity contribution is -0.384. The number of halogens is 2. The molecule has 0 aliphatic heterocycles. The third kappa shape index (κ3) is 5.85. The number of esters is 1. The van der Waals surface area contributed by atoms with E-state index in [0.29, 0.717) is 49.3 Å². The molecule has 5 rings (SSSR count). The summed E-state index contributed by atoms with van der Waals surface area (Å²) in [6.45, 7) is 0. The number of carbonyl (C=O) groups is 2. The van der Waals surface area contributed by atoms with E-state index in [1.807, 2.05) is 0 Å². The van der Waals surface area contributed by atoms with E-state index in [-0.39, 0.29) is 11.3 Å². The number of benzene rings is 4. The maximum atomic E-state index is 13.1. The van der Waals surface area contributed by atoms with Gasteiger partial charge in [0.1, 0.15) is 5.82 Å². The molecule has 5 aromatic rings. The van der Waals surface area contributed by atoms with E-state index in [1.54, 1.807) is 66.7 Å². The van der Waals surface area contributed by atoms with E-state index in [9.17, 15) is 19.7 Å². The number of H-pyrrole nitrogens is 1. The molecular formula is C29H18Cl2N4O5. The number of aromatic nitrogens is 2. The van der Waals surface area contributed by atoms with Gasteiger partial charge in [0.15, 0.2) is 0 Å². The highest BCUT2D eigenvalue weighted by Gasteiger charge is 2.17. The predicted octanol–water partition coefficient (Wildman–Crippen LogP) is 7.52. The maximum Gasteiger partial charge on any atom is 0.342 e. The summed E-state index contributed by atoms with van der Waals surface area (Å²) in [6.07, 6.45) is 2.78. The second kappa shape index (κ2) is 11.4. The number of rotatable bonds is 7. The number of nitro groups is 1. The van der Waals surface area contributed by atoms with Gasteiger partial charge in [-0.25, -0.2) is 9.78 Å². The molecule has 1 amide bonds. The number of ether oxygens (including phenoxy) is 1. The Balaban J connectivity index is 1.28. The van der Waals surface area contributed by atoms with Crippen LogP contribution in [-0.4, -0.2) is 26.8 Å². The van der Waals surface area contributed by atoms with Crippen LogP contribution >= 0.6 is 23.2 Å². The molecule has 9 nitrogen and oxygen atoms in total. The summed E-state index contributed by atoms with van der Waals surface area (Å²) in [6, 6.07) is 22.3. The number of aromatic amines is 1. The van der Waals surface area contributed by atoms with E-state index >= 15 is 0 Å². The van der Waals surface area contributed by atoms with Crippen molar-refractivity contribution in [3.8, 4) is 11.4 Å². The zero-order valence-electron chi connectivity index (χ0n) is 20.4. The van der Waals surface area contributed by atoms with Gasteiger partial charge in [-0.2, -0.15) is 0 Å². The first kappa shape index (κ1) is 26.6. The zero-order valence-corrected chi connectivity index (χ0v) is 21.9. The molecule has 2 N–H and O–H groups in total. The van der Waals surface area contributed by atoms with Gasteiger partial charge in [0.25, 0.3) is 11.6 Å². The first-order chi connectivity index (χ1) is 19.3. The molecule has 11 heteroatoms. The average molecular weight is 573 g/mol. The monoisotopic (exact) mass is 572 g/mol. The summed E-state index contributed by atoms with van der Waals surface area (Å²) >= 11 is 12.0. The van der Waals surface area contributed by atoms with Crippen molar-refractivity contribution in [1.29, 1.82) is 0 Å². The van der Waals surface area contributed by atoms with E-state index in [1.165, 1.54) is 30.5 Å². The van der Waals surface area contributed by atoms with Crippen LogP contribution in [-0.2, 0) is 4.74 Å². The molecular weight excluding hydrogens is 555 g/mol. The molecule has 0 saturated carbocycles. The molecule has 4 aromatic carbocycles. The highest BCUT2D eigenvalue weighted by molar-refractivity contribution is 6.35. The Morgan fingerprint density at radius 1 is 0.975 bits per heavy atom. The number of fused-ring (bicyclic) bond motifs is 1. The van der Waals surface area contributed by atoms with Crippen molar-refractivity contribution in [2.24, 2.45) is 0 Å². The molecule has 1 heterocycles. The molecule has 0 unspecified atom stereocenters. The van der Waals surface area contributed by atoms with Crippen LogP contribution in [0.1, 0.15) is 26.3 Å². The summed E-state index contributed by atoms with van der Waals surface area (Å²) in [4.78, 5) is 43.7. The van der Waals surface area contributed by atoms with Crippen molar-refractivity contribution < 1.29 is 19.2 Å². The average Bonchev–Trinajstić information content (AvgIpc) is 3.38. The third-order valence-electron chi connectivity index (χ3n) is 5.87. The maximum absolute atomic E-state index is 13.1. The molecule has 198 valence electrons. The first-order valence-corrected chi connectivity index (χ1v) is 12.5. The fraction of sp³-hybridized carbons (Fsp3) is 0. The number of nitro benzene ring substituents is 1. The highest BCUT2D eigenvalue weighted by atomic mass is 35.5. The Morgan fingerprint density at radius 2 is 1.75 bits per heavy atom. The quantitative estimate of drug-likeness (QED) is 0.0897. The number of anilines is 1. The van der Waals surface area contributed by atoms with Gasteiger partial charge in [-0.1, -0.05) is 47.5 Å². The van der Waals surface area contributed by atoms with Crippen molar-refractivity contribution in [1.82, 2.24) is 9.97 Å². The van der Waals surface area contributed by atoms with Crippen molar-refractivity contribution >= 4 is 63.6 Å². The Hall–Kier alpha value is -4.99. The van der Waals surface area contributed by atoms with Crippen LogP contribution in [0.5, 0.6) is 0 Å². The molecule has 0 spiro atoms. The zero-order chi connectivity index (χ0) is 28.2. The predicted molar refractivity (Wildman–Crippen MR) is 153 cm³/mol. The molecule has 40 heavy (non-hydrogen) atoms. The van der Waals surface area contributed by atoms with Gasteiger partial charge in [-0.3, -0.25) is 14.9 Å². The van der Waals surface area contributed by atoms with Crippen molar-refractivity contribution in [2.75, 3.05) is 5.32 Å². The topological polar surface area (TPSA) is 127 Å². The number of nitrogens with zero attached hydrogens (tertiary/aromatic N) is 2. The third-order valence-corrected chi connectivity index (χ3v) is 6.43. The van der Waals surface area contributed by atoms with Crippen LogP contribution in [0, 0.1) is 10.1 Å². The lowest BCUT2D eigenvalue weighted by Crippen LogP contribution is -2.13. The smallest absolute Gasteiger partial charge is 0.342 e. The van der Waals surface area contributed by atoms with Crippen LogP contribution in [0.2, 0.25) is 10.0 Å². The van der Waals surface area contributed by atoms with Crippen molar-refractivity contribution in [3.05, 3.63) is 128 Å². The summed E-state index contributed by atoms with van der Waals surface area (Å²) in [5.41, 5.74) is 3.18. The van der Waals surface area contributed by atoms with E-state index in [0.717, 1.165) is 0 Å². The molecule has 0 radical (unpaired) electrons. The van der Waals surface area contributed by atoms with E-state index in [2.05, 4.69) is 15.3 Å². The highest BCUT2D eigenvalue weighted by Crippen LogP contribution is 2.27. The number of non-ortho nitro benzene ring substituents is 1. The first-order valence-electron chi connectivity index (χ1n) is 11.8. The molecule has 0 aliphatic rings. The van der Waals surface area contributed by atoms with Gasteiger partial charge < -0.3 is 15.0 Å². The second-order valence-corrected chi connectivity index (χ2v) is 9.34. The molecule has 0 saturated heterocycles. The lowest BCUT2D eigenvalue weighted by Gasteiger charge is -2.09. The number of carbonyl (C=O) groups excluding carboxylic acids is 2. The Morgan fingerprint density at radius 3 is 2.50 bits per heavy atom. The van der Waals surface area contributed by atoms with Gasteiger partial charge in [0.05, 0.1) is 33.3 Å². The normalized spacial score (nSPS) is 11.1. The Kier molecular flexibility index (Phi) is 7.59. The molecule has 0 bridgehead atoms. The summed E-state index contributed by atoms with van der Waals surface area (Å²) in [7, 11) is 0. The van der Waals surface area contributed by atoms with E-state index < -0.39 is 16.8 Å². The molecule has 0 aliphatic carbocycles. The number of hydrogen-bond acceptors (Lipinski definition) is 6. The summed E-state index contributed by atoms with van der Waals surface area (Å²) < 4.78 is 5.17. The summed E-state index contributed by atoms with van der Waals surface area (Å²) in [5, 5.41) is 14.8. The molecule has 0 atom stereocenters. The fourth-order valence-electron chi connectivity index (χ4n) is 3.89. The van der Waals surface area contributed by atoms with Crippen LogP contribution in [0.4, 0.5) is 11.4 Å². The SMILES string of the molecule is O=C(O/C=C/c1ccc(Cl)cc1Cl)c1ccc(NC(=O)c2ccccc2-c2nc3ccc([N+](=O)[O-])cc3[nH]2)cc1. The minimum absolute atomic E-state index is 0.0666. The largest absolute Gasteiger partial charge is 0.431 e. The van der Waals surface area contributed by atoms with Gasteiger partial charge in [0.2, 0.25) is 0 Å². The van der Waals surface area contributed by atoms with Crippen LogP contribution in [0.15, 0.2) is 91.2 Å². The van der Waals surface area contributed by atoms with Gasteiger partial charge in [-0.05, 0) is 60.2 Å². The van der Waals surface area contributed by atoms with Crippen molar-refractivity contribution in [3.63, 3.8) is 0 Å². The van der Waals surface area contributed by atoms with Crippen LogP contribution < -0.4 is 5.32 Å². The fourth-order valence-corrected chi connectivity index (χ4v) is 4.36. The minimum atomic E-state index is -0.588. The van der Waals surface area contributed by atoms with Crippen molar-refractivity contribution in [2.45, 2.75) is 0 Å². The number of nitrogens with one attached hydrogen (secondary N) is 2. The van der Waals surface area contributed by atoms with Crippen LogP contribution in [0.25, 0.3) is 28.5 Å². The van der Waals surface area contributed by atoms with Gasteiger partial charge in [-0.15, -0.1) is 0 Å². The lowest BCUT2D eigenvalue weighted by atomic mass is 10.1. The second-order valence-electron chi connectivity index (χ2n) is 8.49. The standard InChI is InChI=1S/C29H18Cl2N4O5/c30-19-8-5-17(24(31)15-19)13-14-40-29(37)18-6-9-20(10-7-18)32-28(36)23-4-2-1-3-22(23)27-33-25-12-11-21(35(38)39)16-26(25)34-27/h1-16H,(H,32,36)(H,33,34)/b14-13+. The number of amides is 1. The van der Waals surface area contributed by atoms with E-state index in [4.69, 9.17) is 27.9 Å².